The van der Waals surface area contributed by atoms with Gasteiger partial charge >= 0.3 is 5.69 Å². The number of fused-ring (bicyclic) bond motifs is 1. The van der Waals surface area contributed by atoms with E-state index in [1.54, 1.807) is 10.8 Å². The Kier molecular flexibility index (Phi) is 4.19. The molecule has 0 saturated carbocycles. The Balaban J connectivity index is 2.10. The van der Waals surface area contributed by atoms with Crippen molar-refractivity contribution in [2.45, 2.75) is 25.7 Å². The number of hydrogen-bond donors (Lipinski definition) is 1. The highest BCUT2D eigenvalue weighted by atomic mass is 16.1. The molecule has 0 aliphatic heterocycles. The summed E-state index contributed by atoms with van der Waals surface area (Å²) in [5, 5.41) is 0. The van der Waals surface area contributed by atoms with Crippen molar-refractivity contribution in [1.29, 1.82) is 0 Å². The standard InChI is InChI=1S/C18H22N4O/c1-4-5-8-13-11-14(12-19-17(13)21(2)3)22-16-10-7-6-9-15(16)20-18(22)23/h4,6,9,11-12H,1,5,7-8,10H2,2-3H3,(H,20,23). The van der Waals surface area contributed by atoms with Gasteiger partial charge in [0.15, 0.2) is 0 Å². The Hall–Kier alpha value is -2.56. The van der Waals surface area contributed by atoms with Crippen molar-refractivity contribution in [3.05, 3.63) is 58.4 Å². The van der Waals surface area contributed by atoms with Crippen LogP contribution in [0.15, 0.2) is 35.8 Å². The number of aromatic nitrogens is 3. The van der Waals surface area contributed by atoms with E-state index >= 15 is 0 Å². The summed E-state index contributed by atoms with van der Waals surface area (Å²) in [5.41, 5.74) is 3.79. The second-order valence-electron chi connectivity index (χ2n) is 5.97. The van der Waals surface area contributed by atoms with Crippen molar-refractivity contribution in [2.75, 3.05) is 19.0 Å². The number of anilines is 1. The number of nitrogens with one attached hydrogen (secondary N) is 1. The molecule has 0 unspecified atom stereocenters. The quantitative estimate of drug-likeness (QED) is 0.864. The molecule has 2 heterocycles. The molecule has 1 N–H and O–H groups in total. The van der Waals surface area contributed by atoms with Gasteiger partial charge in [-0.1, -0.05) is 12.2 Å². The molecule has 0 bridgehead atoms. The van der Waals surface area contributed by atoms with Gasteiger partial charge in [-0.2, -0.15) is 0 Å². The highest BCUT2D eigenvalue weighted by Crippen LogP contribution is 2.23. The zero-order valence-corrected chi connectivity index (χ0v) is 13.7. The van der Waals surface area contributed by atoms with Crippen LogP contribution in [0.2, 0.25) is 0 Å². The molecule has 0 spiro atoms. The summed E-state index contributed by atoms with van der Waals surface area (Å²) in [7, 11) is 3.96. The second kappa shape index (κ2) is 6.28. The fourth-order valence-electron chi connectivity index (χ4n) is 3.02. The third-order valence-corrected chi connectivity index (χ3v) is 4.09. The van der Waals surface area contributed by atoms with E-state index in [4.69, 9.17) is 0 Å². The van der Waals surface area contributed by atoms with Gasteiger partial charge in [0.05, 0.1) is 23.3 Å². The molecule has 1 aliphatic carbocycles. The Morgan fingerprint density at radius 2 is 2.30 bits per heavy atom. The van der Waals surface area contributed by atoms with E-state index in [1.807, 2.05) is 31.1 Å². The lowest BCUT2D eigenvalue weighted by Crippen LogP contribution is -2.19. The number of hydrogen-bond acceptors (Lipinski definition) is 3. The third kappa shape index (κ3) is 2.86. The zero-order valence-electron chi connectivity index (χ0n) is 13.7. The molecular formula is C18H22N4O. The summed E-state index contributed by atoms with van der Waals surface area (Å²) >= 11 is 0. The van der Waals surface area contributed by atoms with Crippen LogP contribution in [0.5, 0.6) is 0 Å². The largest absolute Gasteiger partial charge is 0.363 e. The summed E-state index contributed by atoms with van der Waals surface area (Å²) in [6.45, 7) is 3.79. The first-order valence-electron chi connectivity index (χ1n) is 7.89. The predicted molar refractivity (Wildman–Crippen MR) is 94.4 cm³/mol. The maximum atomic E-state index is 12.4. The second-order valence-corrected chi connectivity index (χ2v) is 5.97. The number of pyridine rings is 1. The van der Waals surface area contributed by atoms with Gasteiger partial charge in [0.25, 0.3) is 0 Å². The van der Waals surface area contributed by atoms with Crippen LogP contribution in [0.25, 0.3) is 11.8 Å². The summed E-state index contributed by atoms with van der Waals surface area (Å²) in [5.74, 6) is 0.938. The van der Waals surface area contributed by atoms with E-state index in [2.05, 4.69) is 28.7 Å². The third-order valence-electron chi connectivity index (χ3n) is 4.09. The first kappa shape index (κ1) is 15.3. The van der Waals surface area contributed by atoms with Crippen LogP contribution < -0.4 is 10.6 Å². The van der Waals surface area contributed by atoms with Crippen molar-refractivity contribution in [3.8, 4) is 5.69 Å². The number of nitrogens with zero attached hydrogens (tertiary/aromatic N) is 3. The van der Waals surface area contributed by atoms with Gasteiger partial charge in [-0.3, -0.25) is 4.57 Å². The average molecular weight is 310 g/mol. The first-order chi connectivity index (χ1) is 11.1. The zero-order chi connectivity index (χ0) is 16.4. The van der Waals surface area contributed by atoms with Gasteiger partial charge in [-0.25, -0.2) is 9.78 Å². The van der Waals surface area contributed by atoms with Crippen molar-refractivity contribution in [2.24, 2.45) is 0 Å². The molecule has 2 aromatic rings. The van der Waals surface area contributed by atoms with E-state index < -0.39 is 0 Å². The molecule has 0 aromatic carbocycles. The van der Waals surface area contributed by atoms with Crippen LogP contribution in [0.1, 0.15) is 29.8 Å². The van der Waals surface area contributed by atoms with Gasteiger partial charge in [0, 0.05) is 14.1 Å². The molecular weight excluding hydrogens is 288 g/mol. The minimum Gasteiger partial charge on any atom is -0.363 e. The maximum absolute atomic E-state index is 12.4. The number of allylic oxidation sites excluding steroid dienone is 2. The highest BCUT2D eigenvalue weighted by molar-refractivity contribution is 5.55. The number of H-pyrrole nitrogens is 1. The van der Waals surface area contributed by atoms with E-state index in [-0.39, 0.29) is 5.69 Å². The number of aromatic amines is 1. The van der Waals surface area contributed by atoms with Gasteiger partial charge in [0.2, 0.25) is 0 Å². The molecule has 0 atom stereocenters. The van der Waals surface area contributed by atoms with Crippen molar-refractivity contribution in [3.63, 3.8) is 0 Å². The summed E-state index contributed by atoms with van der Waals surface area (Å²) in [6, 6.07) is 2.07. The Labute approximate surface area is 136 Å². The maximum Gasteiger partial charge on any atom is 0.330 e. The van der Waals surface area contributed by atoms with Crippen molar-refractivity contribution < 1.29 is 0 Å². The van der Waals surface area contributed by atoms with Crippen LogP contribution in [0.3, 0.4) is 0 Å². The van der Waals surface area contributed by atoms with Crippen LogP contribution in [-0.4, -0.2) is 28.6 Å². The van der Waals surface area contributed by atoms with Crippen LogP contribution in [0.4, 0.5) is 5.82 Å². The van der Waals surface area contributed by atoms with Crippen LogP contribution in [0, 0.1) is 0 Å². The van der Waals surface area contributed by atoms with Gasteiger partial charge in [0.1, 0.15) is 5.82 Å². The fourth-order valence-corrected chi connectivity index (χ4v) is 3.02. The molecule has 23 heavy (non-hydrogen) atoms. The molecule has 1 aliphatic rings. The molecule has 0 radical (unpaired) electrons. The molecule has 5 heteroatoms. The van der Waals surface area contributed by atoms with Gasteiger partial charge in [-0.15, -0.1) is 6.58 Å². The van der Waals surface area contributed by atoms with Crippen molar-refractivity contribution >= 4 is 11.9 Å². The molecule has 5 nitrogen and oxygen atoms in total. The van der Waals surface area contributed by atoms with Gasteiger partial charge < -0.3 is 9.88 Å². The molecule has 2 aromatic heterocycles. The predicted octanol–water partition coefficient (Wildman–Crippen LogP) is 2.70. The molecule has 3 rings (SSSR count). The SMILES string of the molecule is C=CCCc1cc(-n2c3c([nH]c2=O)C=CCC3)cnc1N(C)C. The van der Waals surface area contributed by atoms with E-state index in [9.17, 15) is 4.79 Å². The minimum absolute atomic E-state index is 0.101. The number of imidazole rings is 1. The molecule has 0 fully saturated rings. The average Bonchev–Trinajstić information content (AvgIpc) is 2.88. The number of aryl methyl sites for hydroxylation is 1. The fraction of sp³-hybridized carbons (Fsp3) is 0.333. The number of rotatable bonds is 5. The van der Waals surface area contributed by atoms with Gasteiger partial charge in [-0.05, 0) is 43.4 Å². The minimum atomic E-state index is -0.101. The summed E-state index contributed by atoms with van der Waals surface area (Å²) < 4.78 is 1.75. The highest BCUT2D eigenvalue weighted by Gasteiger charge is 2.17. The topological polar surface area (TPSA) is 53.9 Å². The Morgan fingerprint density at radius 3 is 3.04 bits per heavy atom. The molecule has 120 valence electrons. The normalized spacial score (nSPS) is 13.0. The summed E-state index contributed by atoms with van der Waals surface area (Å²) in [6.07, 6.45) is 11.3. The van der Waals surface area contributed by atoms with Crippen LogP contribution in [-0.2, 0) is 12.8 Å². The van der Waals surface area contributed by atoms with E-state index in [0.29, 0.717) is 0 Å². The smallest absolute Gasteiger partial charge is 0.330 e. The Bertz CT molecular complexity index is 811. The van der Waals surface area contributed by atoms with E-state index in [1.165, 1.54) is 0 Å². The van der Waals surface area contributed by atoms with E-state index in [0.717, 1.165) is 54.1 Å². The monoisotopic (exact) mass is 310 g/mol. The lowest BCUT2D eigenvalue weighted by atomic mass is 10.1. The first-order valence-corrected chi connectivity index (χ1v) is 7.89. The lowest BCUT2D eigenvalue weighted by molar-refractivity contribution is 0.845. The Morgan fingerprint density at radius 1 is 1.48 bits per heavy atom. The summed E-state index contributed by atoms with van der Waals surface area (Å²) in [4.78, 5) is 21.9. The lowest BCUT2D eigenvalue weighted by Gasteiger charge is -2.18. The van der Waals surface area contributed by atoms with Crippen molar-refractivity contribution in [1.82, 2.24) is 14.5 Å². The molecule has 0 amide bonds. The van der Waals surface area contributed by atoms with Crippen LogP contribution >= 0.6 is 0 Å². The molecule has 0 saturated heterocycles.